The summed E-state index contributed by atoms with van der Waals surface area (Å²) in [4.78, 5) is 2.40. The van der Waals surface area contributed by atoms with E-state index in [4.69, 9.17) is 4.42 Å². The van der Waals surface area contributed by atoms with Crippen LogP contribution in [0.15, 0.2) is 16.7 Å². The lowest BCUT2D eigenvalue weighted by molar-refractivity contribution is 0.236. The summed E-state index contributed by atoms with van der Waals surface area (Å²) < 4.78 is 5.32. The third-order valence-corrected chi connectivity index (χ3v) is 3.38. The first kappa shape index (κ1) is 11.7. The first-order valence-corrected chi connectivity index (χ1v) is 6.18. The van der Waals surface area contributed by atoms with Crippen molar-refractivity contribution < 1.29 is 4.42 Å². The van der Waals surface area contributed by atoms with E-state index in [0.29, 0.717) is 0 Å². The van der Waals surface area contributed by atoms with Crippen LogP contribution < -0.4 is 5.32 Å². The molecule has 1 saturated heterocycles. The quantitative estimate of drug-likeness (QED) is 0.845. The second kappa shape index (κ2) is 5.51. The van der Waals surface area contributed by atoms with Crippen LogP contribution in [0.3, 0.4) is 0 Å². The van der Waals surface area contributed by atoms with Gasteiger partial charge in [0.15, 0.2) is 0 Å². The molecule has 1 fully saturated rings. The van der Waals surface area contributed by atoms with Gasteiger partial charge >= 0.3 is 0 Å². The smallest absolute Gasteiger partial charge is 0.105 e. The van der Waals surface area contributed by atoms with Crippen molar-refractivity contribution in [3.05, 3.63) is 23.7 Å². The van der Waals surface area contributed by atoms with E-state index in [0.717, 1.165) is 18.2 Å². The highest BCUT2D eigenvalue weighted by Gasteiger charge is 2.15. The Morgan fingerprint density at radius 1 is 1.56 bits per heavy atom. The Kier molecular flexibility index (Phi) is 4.02. The van der Waals surface area contributed by atoms with Gasteiger partial charge in [0.05, 0.1) is 6.26 Å². The lowest BCUT2D eigenvalue weighted by Crippen LogP contribution is -2.36. The highest BCUT2D eigenvalue weighted by atomic mass is 16.3. The zero-order valence-electron chi connectivity index (χ0n) is 10.3. The summed E-state index contributed by atoms with van der Waals surface area (Å²) in [6, 6.07) is 2.07. The van der Waals surface area contributed by atoms with Gasteiger partial charge in [-0.05, 0) is 51.9 Å². The van der Waals surface area contributed by atoms with E-state index in [9.17, 15) is 0 Å². The number of furan rings is 1. The van der Waals surface area contributed by atoms with E-state index in [1.807, 2.05) is 6.92 Å². The second-order valence-electron chi connectivity index (χ2n) is 4.91. The fraction of sp³-hybridized carbons (Fsp3) is 0.692. The monoisotopic (exact) mass is 222 g/mol. The summed E-state index contributed by atoms with van der Waals surface area (Å²) in [6.07, 6.45) is 4.46. The SMILES string of the molecule is Cc1occc1CN(C)CC1CCCNC1. The van der Waals surface area contributed by atoms with Gasteiger partial charge in [-0.3, -0.25) is 0 Å². The summed E-state index contributed by atoms with van der Waals surface area (Å²) in [5.41, 5.74) is 1.31. The maximum Gasteiger partial charge on any atom is 0.105 e. The van der Waals surface area contributed by atoms with Crippen molar-refractivity contribution in [3.63, 3.8) is 0 Å². The Balaban J connectivity index is 1.79. The molecule has 0 radical (unpaired) electrons. The lowest BCUT2D eigenvalue weighted by atomic mass is 9.99. The average molecular weight is 222 g/mol. The van der Waals surface area contributed by atoms with Crippen LogP contribution >= 0.6 is 0 Å². The van der Waals surface area contributed by atoms with Crippen molar-refractivity contribution in [2.24, 2.45) is 5.92 Å². The third kappa shape index (κ3) is 3.09. The molecule has 2 rings (SSSR count). The van der Waals surface area contributed by atoms with E-state index in [2.05, 4.69) is 23.3 Å². The largest absolute Gasteiger partial charge is 0.469 e. The highest BCUT2D eigenvalue weighted by Crippen LogP contribution is 2.15. The highest BCUT2D eigenvalue weighted by molar-refractivity contribution is 5.14. The van der Waals surface area contributed by atoms with Crippen molar-refractivity contribution in [1.29, 1.82) is 0 Å². The lowest BCUT2D eigenvalue weighted by Gasteiger charge is -2.27. The number of nitrogens with zero attached hydrogens (tertiary/aromatic N) is 1. The predicted molar refractivity (Wildman–Crippen MR) is 65.4 cm³/mol. The maximum atomic E-state index is 5.32. The molecule has 0 saturated carbocycles. The fourth-order valence-electron chi connectivity index (χ4n) is 2.45. The van der Waals surface area contributed by atoms with Crippen LogP contribution in [-0.4, -0.2) is 31.6 Å². The fourth-order valence-corrected chi connectivity index (χ4v) is 2.45. The molecule has 3 heteroatoms. The Morgan fingerprint density at radius 3 is 3.06 bits per heavy atom. The molecule has 0 spiro atoms. The van der Waals surface area contributed by atoms with Gasteiger partial charge in [0.2, 0.25) is 0 Å². The van der Waals surface area contributed by atoms with Gasteiger partial charge in [-0.1, -0.05) is 0 Å². The number of rotatable bonds is 4. The van der Waals surface area contributed by atoms with Crippen LogP contribution in [0.4, 0.5) is 0 Å². The van der Waals surface area contributed by atoms with Crippen LogP contribution in [0.1, 0.15) is 24.2 Å². The number of aryl methyl sites for hydroxylation is 1. The maximum absolute atomic E-state index is 5.32. The van der Waals surface area contributed by atoms with Gasteiger partial charge in [0.25, 0.3) is 0 Å². The van der Waals surface area contributed by atoms with Gasteiger partial charge in [-0.15, -0.1) is 0 Å². The van der Waals surface area contributed by atoms with Crippen molar-refractivity contribution in [2.45, 2.75) is 26.3 Å². The minimum Gasteiger partial charge on any atom is -0.469 e. The van der Waals surface area contributed by atoms with Crippen LogP contribution in [0.2, 0.25) is 0 Å². The van der Waals surface area contributed by atoms with Gasteiger partial charge in [-0.2, -0.15) is 0 Å². The zero-order chi connectivity index (χ0) is 11.4. The van der Waals surface area contributed by atoms with Crippen molar-refractivity contribution in [1.82, 2.24) is 10.2 Å². The molecule has 1 aromatic heterocycles. The molecule has 0 bridgehead atoms. The summed E-state index contributed by atoms with van der Waals surface area (Å²) in [7, 11) is 2.20. The molecule has 16 heavy (non-hydrogen) atoms. The molecular weight excluding hydrogens is 200 g/mol. The molecule has 2 heterocycles. The normalized spacial score (nSPS) is 21.6. The van der Waals surface area contributed by atoms with Crippen LogP contribution in [-0.2, 0) is 6.54 Å². The van der Waals surface area contributed by atoms with E-state index in [1.165, 1.54) is 38.0 Å². The molecular formula is C13H22N2O. The van der Waals surface area contributed by atoms with Gasteiger partial charge in [0, 0.05) is 18.7 Å². The molecule has 1 aromatic rings. The Labute approximate surface area is 97.8 Å². The van der Waals surface area contributed by atoms with E-state index >= 15 is 0 Å². The molecule has 1 N–H and O–H groups in total. The summed E-state index contributed by atoms with van der Waals surface area (Å²) >= 11 is 0. The summed E-state index contributed by atoms with van der Waals surface area (Å²) in [5.74, 6) is 1.86. The number of nitrogens with one attached hydrogen (secondary N) is 1. The number of hydrogen-bond donors (Lipinski definition) is 1. The average Bonchev–Trinajstić information content (AvgIpc) is 2.66. The van der Waals surface area contributed by atoms with E-state index < -0.39 is 0 Å². The molecule has 90 valence electrons. The van der Waals surface area contributed by atoms with Crippen molar-refractivity contribution in [3.8, 4) is 0 Å². The minimum absolute atomic E-state index is 0.811. The van der Waals surface area contributed by atoms with Gasteiger partial charge < -0.3 is 14.6 Å². The Hall–Kier alpha value is -0.800. The molecule has 1 aliphatic heterocycles. The predicted octanol–water partition coefficient (Wildman–Crippen LogP) is 2.02. The molecule has 0 aromatic carbocycles. The molecule has 3 nitrogen and oxygen atoms in total. The van der Waals surface area contributed by atoms with Gasteiger partial charge in [-0.25, -0.2) is 0 Å². The molecule has 1 atom stereocenters. The van der Waals surface area contributed by atoms with Crippen LogP contribution in [0.5, 0.6) is 0 Å². The molecule has 1 aliphatic rings. The Bertz CT molecular complexity index is 315. The van der Waals surface area contributed by atoms with E-state index in [-0.39, 0.29) is 0 Å². The standard InChI is InChI=1S/C13H22N2O/c1-11-13(5-7-16-11)10-15(2)9-12-4-3-6-14-8-12/h5,7,12,14H,3-4,6,8-10H2,1-2H3. The van der Waals surface area contributed by atoms with E-state index in [1.54, 1.807) is 6.26 Å². The number of hydrogen-bond acceptors (Lipinski definition) is 3. The zero-order valence-corrected chi connectivity index (χ0v) is 10.3. The topological polar surface area (TPSA) is 28.4 Å². The van der Waals surface area contributed by atoms with Gasteiger partial charge in [0.1, 0.15) is 5.76 Å². The summed E-state index contributed by atoms with van der Waals surface area (Å²) in [5, 5.41) is 3.47. The third-order valence-electron chi connectivity index (χ3n) is 3.38. The van der Waals surface area contributed by atoms with Crippen LogP contribution in [0, 0.1) is 12.8 Å². The van der Waals surface area contributed by atoms with Crippen molar-refractivity contribution in [2.75, 3.05) is 26.7 Å². The Morgan fingerprint density at radius 2 is 2.44 bits per heavy atom. The summed E-state index contributed by atoms with van der Waals surface area (Å²) in [6.45, 7) is 6.58. The second-order valence-corrected chi connectivity index (χ2v) is 4.91. The van der Waals surface area contributed by atoms with Crippen molar-refractivity contribution >= 4 is 0 Å². The molecule has 1 unspecified atom stereocenters. The minimum atomic E-state index is 0.811. The number of piperidine rings is 1. The van der Waals surface area contributed by atoms with Crippen LogP contribution in [0.25, 0.3) is 0 Å². The molecule has 0 amide bonds. The first-order chi connectivity index (χ1) is 7.75. The first-order valence-electron chi connectivity index (χ1n) is 6.18. The molecule has 0 aliphatic carbocycles.